The Morgan fingerprint density at radius 2 is 1.85 bits per heavy atom. The van der Waals surface area contributed by atoms with Crippen LogP contribution in [0.3, 0.4) is 0 Å². The van der Waals surface area contributed by atoms with Crippen LogP contribution in [0.5, 0.6) is 0 Å². The summed E-state index contributed by atoms with van der Waals surface area (Å²) >= 11 is 6.14. The van der Waals surface area contributed by atoms with Crippen molar-refractivity contribution in [3.63, 3.8) is 0 Å². The van der Waals surface area contributed by atoms with Crippen molar-refractivity contribution in [2.45, 2.75) is 19.8 Å². The standard InChI is InChI=1S/C20H18ClF2NO3/c1-11-6-13-7-14(21)10-15(20(13)27-11)12-8-16(22)19(17(23)9-12)24(2)5-3-4-18(25)26/h6-10H,3-5H2,1-2H3,(H,25,26). The fourth-order valence-corrected chi connectivity index (χ4v) is 3.35. The van der Waals surface area contributed by atoms with E-state index in [1.54, 1.807) is 19.1 Å². The van der Waals surface area contributed by atoms with Crippen LogP contribution < -0.4 is 4.90 Å². The smallest absolute Gasteiger partial charge is 0.303 e. The summed E-state index contributed by atoms with van der Waals surface area (Å²) < 4.78 is 35.0. The SMILES string of the molecule is Cc1cc2cc(Cl)cc(-c3cc(F)c(N(C)CCCC(=O)O)c(F)c3)c2o1. The summed E-state index contributed by atoms with van der Waals surface area (Å²) in [6, 6.07) is 7.61. The van der Waals surface area contributed by atoms with Crippen molar-refractivity contribution >= 4 is 34.2 Å². The summed E-state index contributed by atoms with van der Waals surface area (Å²) in [7, 11) is 1.52. The van der Waals surface area contributed by atoms with Crippen LogP contribution in [-0.4, -0.2) is 24.7 Å². The molecule has 0 saturated heterocycles. The number of benzene rings is 2. The number of carboxylic acid groups (broad SMARTS) is 1. The van der Waals surface area contributed by atoms with Crippen molar-refractivity contribution in [3.8, 4) is 11.1 Å². The second-order valence-electron chi connectivity index (χ2n) is 6.44. The molecule has 0 radical (unpaired) electrons. The molecule has 1 aromatic heterocycles. The van der Waals surface area contributed by atoms with E-state index in [0.29, 0.717) is 27.5 Å². The van der Waals surface area contributed by atoms with E-state index in [1.165, 1.54) is 24.1 Å². The molecule has 0 fully saturated rings. The van der Waals surface area contributed by atoms with Gasteiger partial charge < -0.3 is 14.4 Å². The van der Waals surface area contributed by atoms with Gasteiger partial charge in [-0.3, -0.25) is 4.79 Å². The van der Waals surface area contributed by atoms with Crippen molar-refractivity contribution in [2.75, 3.05) is 18.5 Å². The first-order chi connectivity index (χ1) is 12.8. The van der Waals surface area contributed by atoms with Crippen LogP contribution in [0.15, 0.2) is 34.7 Å². The minimum atomic E-state index is -0.946. The second-order valence-corrected chi connectivity index (χ2v) is 6.87. The highest BCUT2D eigenvalue weighted by molar-refractivity contribution is 6.31. The van der Waals surface area contributed by atoms with Crippen LogP contribution in [0, 0.1) is 18.6 Å². The summed E-state index contributed by atoms with van der Waals surface area (Å²) in [4.78, 5) is 12.0. The zero-order valence-corrected chi connectivity index (χ0v) is 15.6. The summed E-state index contributed by atoms with van der Waals surface area (Å²) in [6.07, 6.45) is 0.219. The number of nitrogens with zero attached hydrogens (tertiary/aromatic N) is 1. The van der Waals surface area contributed by atoms with E-state index >= 15 is 0 Å². The molecule has 27 heavy (non-hydrogen) atoms. The van der Waals surface area contributed by atoms with Crippen molar-refractivity contribution in [2.24, 2.45) is 0 Å². The maximum absolute atomic E-state index is 14.7. The van der Waals surface area contributed by atoms with Gasteiger partial charge in [-0.05, 0) is 49.2 Å². The molecule has 0 spiro atoms. The van der Waals surface area contributed by atoms with Crippen molar-refractivity contribution in [1.82, 2.24) is 0 Å². The summed E-state index contributed by atoms with van der Waals surface area (Å²) in [6.45, 7) is 2.01. The lowest BCUT2D eigenvalue weighted by atomic mass is 10.0. The number of aliphatic carboxylic acids is 1. The van der Waals surface area contributed by atoms with Crippen LogP contribution in [0.4, 0.5) is 14.5 Å². The lowest BCUT2D eigenvalue weighted by Gasteiger charge is -2.21. The molecule has 0 aliphatic carbocycles. The highest BCUT2D eigenvalue weighted by Crippen LogP contribution is 2.36. The first-order valence-electron chi connectivity index (χ1n) is 8.38. The molecule has 1 N–H and O–H groups in total. The Morgan fingerprint density at radius 3 is 2.48 bits per heavy atom. The van der Waals surface area contributed by atoms with Crippen LogP contribution in [0.25, 0.3) is 22.1 Å². The number of fused-ring (bicyclic) bond motifs is 1. The van der Waals surface area contributed by atoms with Crippen LogP contribution in [-0.2, 0) is 4.79 Å². The van der Waals surface area contributed by atoms with Gasteiger partial charge in [0.05, 0.1) is 0 Å². The Bertz CT molecular complexity index is 993. The van der Waals surface area contributed by atoms with Crippen molar-refractivity contribution in [1.29, 1.82) is 0 Å². The van der Waals surface area contributed by atoms with Gasteiger partial charge in [0.15, 0.2) is 0 Å². The van der Waals surface area contributed by atoms with Gasteiger partial charge >= 0.3 is 5.97 Å². The average molecular weight is 394 g/mol. The van der Waals surface area contributed by atoms with E-state index in [1.807, 2.05) is 6.07 Å². The van der Waals surface area contributed by atoms with Crippen LogP contribution in [0.1, 0.15) is 18.6 Å². The van der Waals surface area contributed by atoms with E-state index < -0.39 is 17.6 Å². The third kappa shape index (κ3) is 4.06. The topological polar surface area (TPSA) is 53.7 Å². The summed E-state index contributed by atoms with van der Waals surface area (Å²) in [5.74, 6) is -1.75. The number of aryl methyl sites for hydroxylation is 1. The van der Waals surface area contributed by atoms with Gasteiger partial charge in [0.25, 0.3) is 0 Å². The molecule has 4 nitrogen and oxygen atoms in total. The van der Waals surface area contributed by atoms with Gasteiger partial charge in [-0.25, -0.2) is 8.78 Å². The maximum atomic E-state index is 14.7. The highest BCUT2D eigenvalue weighted by atomic mass is 35.5. The predicted molar refractivity (Wildman–Crippen MR) is 101 cm³/mol. The quantitative estimate of drug-likeness (QED) is 0.588. The molecule has 0 unspecified atom stereocenters. The molecule has 0 aliphatic rings. The fourth-order valence-electron chi connectivity index (χ4n) is 3.12. The van der Waals surface area contributed by atoms with Crippen LogP contribution >= 0.6 is 11.6 Å². The van der Waals surface area contributed by atoms with Gasteiger partial charge in [0.1, 0.15) is 28.7 Å². The predicted octanol–water partition coefficient (Wildman–Crippen LogP) is 5.64. The average Bonchev–Trinajstić information content (AvgIpc) is 2.92. The van der Waals surface area contributed by atoms with E-state index in [-0.39, 0.29) is 25.1 Å². The maximum Gasteiger partial charge on any atom is 0.303 e. The third-order valence-electron chi connectivity index (χ3n) is 4.30. The summed E-state index contributed by atoms with van der Waals surface area (Å²) in [5.41, 5.74) is 1.13. The second kappa shape index (κ2) is 7.56. The van der Waals surface area contributed by atoms with Gasteiger partial charge in [-0.15, -0.1) is 0 Å². The van der Waals surface area contributed by atoms with E-state index in [0.717, 1.165) is 5.39 Å². The molecule has 0 saturated carbocycles. The lowest BCUT2D eigenvalue weighted by molar-refractivity contribution is -0.137. The molecule has 0 amide bonds. The normalized spacial score (nSPS) is 11.1. The molecule has 0 atom stereocenters. The molecule has 2 aromatic carbocycles. The Morgan fingerprint density at radius 1 is 1.19 bits per heavy atom. The van der Waals surface area contributed by atoms with E-state index in [9.17, 15) is 13.6 Å². The Balaban J connectivity index is 1.99. The first kappa shape index (κ1) is 19.2. The molecular weight excluding hydrogens is 376 g/mol. The van der Waals surface area contributed by atoms with Gasteiger partial charge in [-0.1, -0.05) is 11.6 Å². The Labute approximate surface area is 160 Å². The van der Waals surface area contributed by atoms with Crippen molar-refractivity contribution < 1.29 is 23.1 Å². The van der Waals surface area contributed by atoms with Crippen molar-refractivity contribution in [3.05, 3.63) is 52.7 Å². The minimum absolute atomic E-state index is 0.0655. The number of rotatable bonds is 6. The zero-order chi connectivity index (χ0) is 19.7. The number of anilines is 1. The number of furan rings is 1. The molecular formula is C20H18ClF2NO3. The first-order valence-corrected chi connectivity index (χ1v) is 8.76. The molecule has 0 bridgehead atoms. The molecule has 3 aromatic rings. The van der Waals surface area contributed by atoms with Gasteiger partial charge in [0, 0.05) is 36.0 Å². The highest BCUT2D eigenvalue weighted by Gasteiger charge is 2.18. The Kier molecular flexibility index (Phi) is 5.37. The number of carboxylic acids is 1. The number of carbonyl (C=O) groups is 1. The number of hydrogen-bond donors (Lipinski definition) is 1. The summed E-state index contributed by atoms with van der Waals surface area (Å²) in [5, 5.41) is 9.89. The molecule has 3 rings (SSSR count). The van der Waals surface area contributed by atoms with Gasteiger partial charge in [0.2, 0.25) is 0 Å². The molecule has 142 valence electrons. The zero-order valence-electron chi connectivity index (χ0n) is 14.9. The number of hydrogen-bond acceptors (Lipinski definition) is 3. The Hall–Kier alpha value is -2.60. The monoisotopic (exact) mass is 393 g/mol. The molecule has 1 heterocycles. The van der Waals surface area contributed by atoms with E-state index in [2.05, 4.69) is 0 Å². The third-order valence-corrected chi connectivity index (χ3v) is 4.52. The van der Waals surface area contributed by atoms with E-state index in [4.69, 9.17) is 21.1 Å². The molecule has 0 aliphatic heterocycles. The number of halogens is 3. The minimum Gasteiger partial charge on any atom is -0.481 e. The fraction of sp³-hybridized carbons (Fsp3) is 0.250. The largest absolute Gasteiger partial charge is 0.481 e. The van der Waals surface area contributed by atoms with Crippen LogP contribution in [0.2, 0.25) is 5.02 Å². The molecule has 7 heteroatoms. The van der Waals surface area contributed by atoms with Gasteiger partial charge in [-0.2, -0.15) is 0 Å². The lowest BCUT2D eigenvalue weighted by Crippen LogP contribution is -2.21.